The molecule has 59 heavy (non-hydrogen) atoms. The summed E-state index contributed by atoms with van der Waals surface area (Å²) in [7, 11) is 0. The second-order valence-corrected chi connectivity index (χ2v) is 15.3. The fourth-order valence-corrected chi connectivity index (χ4v) is 5.96. The molecule has 0 aliphatic heterocycles. The van der Waals surface area contributed by atoms with Gasteiger partial charge >= 0.3 is 17.9 Å². The summed E-state index contributed by atoms with van der Waals surface area (Å²) < 4.78 is 16.6. The van der Waals surface area contributed by atoms with Gasteiger partial charge in [-0.05, 0) is 96.3 Å². The van der Waals surface area contributed by atoms with Gasteiger partial charge in [-0.1, -0.05) is 182 Å². The molecule has 334 valence electrons. The van der Waals surface area contributed by atoms with Crippen LogP contribution in [0.5, 0.6) is 0 Å². The van der Waals surface area contributed by atoms with Crippen molar-refractivity contribution in [2.45, 2.75) is 207 Å². The molecular weight excluding hydrogens is 733 g/mol. The molecule has 0 saturated carbocycles. The van der Waals surface area contributed by atoms with E-state index in [2.05, 4.69) is 106 Å². The second kappa shape index (κ2) is 47.0. The lowest BCUT2D eigenvalue weighted by Crippen LogP contribution is -2.30. The highest BCUT2D eigenvalue weighted by Crippen LogP contribution is 2.12. The van der Waals surface area contributed by atoms with Gasteiger partial charge in [0.25, 0.3) is 0 Å². The Morgan fingerprint density at radius 2 is 0.695 bits per heavy atom. The molecule has 0 saturated heterocycles. The summed E-state index contributed by atoms with van der Waals surface area (Å²) in [5.41, 5.74) is 0. The van der Waals surface area contributed by atoms with E-state index in [1.54, 1.807) is 0 Å². The van der Waals surface area contributed by atoms with E-state index in [0.29, 0.717) is 19.3 Å². The number of allylic oxidation sites excluding steroid dienone is 16. The van der Waals surface area contributed by atoms with Crippen molar-refractivity contribution < 1.29 is 28.6 Å². The molecular formula is C53H86O6. The van der Waals surface area contributed by atoms with Gasteiger partial charge in [-0.25, -0.2) is 0 Å². The summed E-state index contributed by atoms with van der Waals surface area (Å²) in [4.78, 5) is 37.7. The molecule has 0 aliphatic carbocycles. The van der Waals surface area contributed by atoms with Crippen molar-refractivity contribution in [1.82, 2.24) is 0 Å². The zero-order chi connectivity index (χ0) is 43.0. The minimum Gasteiger partial charge on any atom is -0.462 e. The molecule has 0 aromatic carbocycles. The van der Waals surface area contributed by atoms with E-state index in [-0.39, 0.29) is 31.6 Å². The maximum absolute atomic E-state index is 12.7. The monoisotopic (exact) mass is 819 g/mol. The van der Waals surface area contributed by atoms with Crippen molar-refractivity contribution in [2.24, 2.45) is 0 Å². The van der Waals surface area contributed by atoms with Crippen LogP contribution in [0.15, 0.2) is 97.2 Å². The first-order valence-corrected chi connectivity index (χ1v) is 23.7. The SMILES string of the molecule is CC/C=C\C/C=C\C/C=C\C/C=C\C/C=C\C/C=C\CCC(=O)OC(COC(=O)CCCCCCC/C=C\CCCC)COC(=O)CCCCCCC/C=C\CCCC. The Bertz CT molecular complexity index is 1170. The van der Waals surface area contributed by atoms with Crippen molar-refractivity contribution >= 4 is 17.9 Å². The highest BCUT2D eigenvalue weighted by molar-refractivity contribution is 5.71. The predicted molar refractivity (Wildman–Crippen MR) is 251 cm³/mol. The summed E-state index contributed by atoms with van der Waals surface area (Å²) in [6.07, 6.45) is 61.2. The molecule has 0 aromatic heterocycles. The summed E-state index contributed by atoms with van der Waals surface area (Å²) >= 11 is 0. The van der Waals surface area contributed by atoms with Crippen LogP contribution < -0.4 is 0 Å². The van der Waals surface area contributed by atoms with Gasteiger partial charge in [-0.15, -0.1) is 0 Å². The first-order chi connectivity index (χ1) is 29.0. The number of rotatable bonds is 41. The van der Waals surface area contributed by atoms with Crippen molar-refractivity contribution in [3.05, 3.63) is 97.2 Å². The van der Waals surface area contributed by atoms with Crippen LogP contribution >= 0.6 is 0 Å². The van der Waals surface area contributed by atoms with Crippen LogP contribution in [0.4, 0.5) is 0 Å². The highest BCUT2D eigenvalue weighted by atomic mass is 16.6. The molecule has 6 heteroatoms. The Balaban J connectivity index is 4.53. The third kappa shape index (κ3) is 45.3. The van der Waals surface area contributed by atoms with Crippen LogP contribution in [0.1, 0.15) is 201 Å². The molecule has 0 unspecified atom stereocenters. The number of hydrogen-bond donors (Lipinski definition) is 0. The van der Waals surface area contributed by atoms with Gasteiger partial charge in [0, 0.05) is 19.3 Å². The molecule has 6 nitrogen and oxygen atoms in total. The van der Waals surface area contributed by atoms with E-state index < -0.39 is 12.1 Å². The lowest BCUT2D eigenvalue weighted by Gasteiger charge is -2.18. The number of ether oxygens (including phenoxy) is 3. The standard InChI is InChI=1S/C53H86O6/c1-4-7-10-13-16-19-22-23-24-25-26-27-28-29-32-35-38-41-44-47-53(56)59-50(48-57-51(54)45-42-39-36-33-30-20-17-14-11-8-5-2)49-58-52(55)46-43-40-37-34-31-21-18-15-12-9-6-3/h7,10,14-19,23-24,26-27,29,32,38,41,50H,4-6,8-9,11-13,20-22,25,28,30-31,33-37,39-40,42-49H2,1-3H3/b10-7-,17-14-,18-15-,19-16-,24-23-,27-26-,32-29-,41-38-. The van der Waals surface area contributed by atoms with Gasteiger partial charge < -0.3 is 14.2 Å². The molecule has 0 heterocycles. The van der Waals surface area contributed by atoms with E-state index in [9.17, 15) is 14.4 Å². The van der Waals surface area contributed by atoms with Crippen LogP contribution in [-0.4, -0.2) is 37.2 Å². The summed E-state index contributed by atoms with van der Waals surface area (Å²) in [5, 5.41) is 0. The molecule has 0 amide bonds. The predicted octanol–water partition coefficient (Wildman–Crippen LogP) is 15.4. The molecule has 0 N–H and O–H groups in total. The number of esters is 3. The maximum atomic E-state index is 12.7. The summed E-state index contributed by atoms with van der Waals surface area (Å²) in [5.74, 6) is -1.03. The molecule has 0 aromatic rings. The lowest BCUT2D eigenvalue weighted by molar-refractivity contribution is -0.166. The van der Waals surface area contributed by atoms with Gasteiger partial charge in [0.15, 0.2) is 6.10 Å². The normalized spacial score (nSPS) is 12.5. The van der Waals surface area contributed by atoms with E-state index in [0.717, 1.165) is 103 Å². The molecule has 0 rings (SSSR count). The fourth-order valence-electron chi connectivity index (χ4n) is 5.96. The van der Waals surface area contributed by atoms with Gasteiger partial charge in [0.2, 0.25) is 0 Å². The Labute approximate surface area is 362 Å². The van der Waals surface area contributed by atoms with E-state index in [1.165, 1.54) is 51.4 Å². The average Bonchev–Trinajstić information content (AvgIpc) is 3.23. The zero-order valence-corrected chi connectivity index (χ0v) is 38.0. The average molecular weight is 819 g/mol. The topological polar surface area (TPSA) is 78.9 Å². The van der Waals surface area contributed by atoms with E-state index in [4.69, 9.17) is 14.2 Å². The van der Waals surface area contributed by atoms with E-state index in [1.807, 2.05) is 12.2 Å². The van der Waals surface area contributed by atoms with Crippen molar-refractivity contribution in [2.75, 3.05) is 13.2 Å². The lowest BCUT2D eigenvalue weighted by atomic mass is 10.1. The van der Waals surface area contributed by atoms with Crippen LogP contribution in [0.3, 0.4) is 0 Å². The van der Waals surface area contributed by atoms with Crippen LogP contribution in [-0.2, 0) is 28.6 Å². The molecule has 0 bridgehead atoms. The highest BCUT2D eigenvalue weighted by Gasteiger charge is 2.19. The fraction of sp³-hybridized carbons (Fsp3) is 0.642. The first-order valence-electron chi connectivity index (χ1n) is 23.7. The third-order valence-corrected chi connectivity index (χ3v) is 9.56. The Hall–Kier alpha value is -3.67. The number of carbonyl (C=O) groups is 3. The summed E-state index contributed by atoms with van der Waals surface area (Å²) in [6, 6.07) is 0. The van der Waals surface area contributed by atoms with Crippen molar-refractivity contribution in [3.8, 4) is 0 Å². The van der Waals surface area contributed by atoms with Crippen LogP contribution in [0.2, 0.25) is 0 Å². The smallest absolute Gasteiger partial charge is 0.306 e. The molecule has 0 fully saturated rings. The molecule has 0 radical (unpaired) electrons. The van der Waals surface area contributed by atoms with Crippen molar-refractivity contribution in [3.63, 3.8) is 0 Å². The second-order valence-electron chi connectivity index (χ2n) is 15.3. The third-order valence-electron chi connectivity index (χ3n) is 9.56. The first kappa shape index (κ1) is 55.3. The van der Waals surface area contributed by atoms with Crippen LogP contribution in [0.25, 0.3) is 0 Å². The number of unbranched alkanes of at least 4 members (excludes halogenated alkanes) is 14. The minimum atomic E-state index is -0.823. The van der Waals surface area contributed by atoms with Gasteiger partial charge in [0.05, 0.1) is 0 Å². The summed E-state index contributed by atoms with van der Waals surface area (Å²) in [6.45, 7) is 6.34. The molecule has 0 spiro atoms. The van der Waals surface area contributed by atoms with Crippen molar-refractivity contribution in [1.29, 1.82) is 0 Å². The van der Waals surface area contributed by atoms with Crippen LogP contribution in [0, 0.1) is 0 Å². The number of carbonyl (C=O) groups excluding carboxylic acids is 3. The molecule has 0 atom stereocenters. The Kier molecular flexibility index (Phi) is 44.1. The maximum Gasteiger partial charge on any atom is 0.306 e. The molecule has 0 aliphatic rings. The van der Waals surface area contributed by atoms with E-state index >= 15 is 0 Å². The quantitative estimate of drug-likeness (QED) is 0.0265. The van der Waals surface area contributed by atoms with Gasteiger partial charge in [-0.2, -0.15) is 0 Å². The Morgan fingerprint density at radius 1 is 0.356 bits per heavy atom. The van der Waals surface area contributed by atoms with Gasteiger partial charge in [-0.3, -0.25) is 14.4 Å². The largest absolute Gasteiger partial charge is 0.462 e. The minimum absolute atomic E-state index is 0.116. The zero-order valence-electron chi connectivity index (χ0n) is 38.0. The number of hydrogen-bond acceptors (Lipinski definition) is 6. The van der Waals surface area contributed by atoms with Gasteiger partial charge in [0.1, 0.15) is 13.2 Å². The Morgan fingerprint density at radius 3 is 1.10 bits per heavy atom.